The first-order valence-electron chi connectivity index (χ1n) is 10.8. The summed E-state index contributed by atoms with van der Waals surface area (Å²) in [6.07, 6.45) is 2.42. The van der Waals surface area contributed by atoms with Crippen molar-refractivity contribution in [1.82, 2.24) is 20.1 Å². The third-order valence-electron chi connectivity index (χ3n) is 5.80. The number of nitrogens with zero attached hydrogens (tertiary/aromatic N) is 2. The van der Waals surface area contributed by atoms with E-state index in [0.29, 0.717) is 17.8 Å². The molecule has 0 spiro atoms. The van der Waals surface area contributed by atoms with Gasteiger partial charge in [0.25, 0.3) is 5.56 Å². The normalized spacial score (nSPS) is 16.2. The van der Waals surface area contributed by atoms with Crippen molar-refractivity contribution < 1.29 is 4.74 Å². The van der Waals surface area contributed by atoms with E-state index >= 15 is 0 Å². The van der Waals surface area contributed by atoms with Gasteiger partial charge in [-0.3, -0.25) is 4.79 Å². The van der Waals surface area contributed by atoms with Crippen molar-refractivity contribution in [3.05, 3.63) is 82.1 Å². The SMILES string of the molecule is Cc1ccc(-c2nn(-c3ccccc3)c3[nH]c(=O)c(CNC[C@H]4CCCO4)cc23)cc1. The number of ether oxygens (including phenoxy) is 1. The molecule has 0 radical (unpaired) electrons. The summed E-state index contributed by atoms with van der Waals surface area (Å²) in [6, 6.07) is 20.2. The van der Waals surface area contributed by atoms with Gasteiger partial charge in [0.05, 0.1) is 11.8 Å². The highest BCUT2D eigenvalue weighted by Gasteiger charge is 2.18. The van der Waals surface area contributed by atoms with Crippen LogP contribution in [0.25, 0.3) is 28.0 Å². The van der Waals surface area contributed by atoms with Crippen LogP contribution >= 0.6 is 0 Å². The second-order valence-electron chi connectivity index (χ2n) is 8.11. The zero-order valence-electron chi connectivity index (χ0n) is 17.6. The number of fused-ring (bicyclic) bond motifs is 1. The fourth-order valence-corrected chi connectivity index (χ4v) is 4.10. The zero-order valence-corrected chi connectivity index (χ0v) is 17.6. The molecule has 1 saturated heterocycles. The summed E-state index contributed by atoms with van der Waals surface area (Å²) in [4.78, 5) is 15.9. The molecule has 3 heterocycles. The van der Waals surface area contributed by atoms with Gasteiger partial charge in [0, 0.05) is 36.2 Å². The van der Waals surface area contributed by atoms with Gasteiger partial charge in [-0.2, -0.15) is 5.10 Å². The van der Waals surface area contributed by atoms with E-state index in [1.807, 2.05) is 41.1 Å². The molecule has 1 fully saturated rings. The van der Waals surface area contributed by atoms with Crippen LogP contribution in [0.2, 0.25) is 0 Å². The molecule has 5 rings (SSSR count). The Bertz CT molecular complexity index is 1240. The summed E-state index contributed by atoms with van der Waals surface area (Å²) >= 11 is 0. The molecule has 2 N–H and O–H groups in total. The number of pyridine rings is 1. The van der Waals surface area contributed by atoms with Crippen LogP contribution in [-0.4, -0.2) is 34.0 Å². The number of aromatic nitrogens is 3. The lowest BCUT2D eigenvalue weighted by Crippen LogP contribution is -2.28. The van der Waals surface area contributed by atoms with Gasteiger partial charge in [-0.05, 0) is 38.0 Å². The number of hydrogen-bond acceptors (Lipinski definition) is 4. The lowest BCUT2D eigenvalue weighted by atomic mass is 10.1. The quantitative estimate of drug-likeness (QED) is 0.501. The van der Waals surface area contributed by atoms with Gasteiger partial charge in [-0.15, -0.1) is 0 Å². The van der Waals surface area contributed by atoms with Crippen molar-refractivity contribution in [2.75, 3.05) is 13.2 Å². The van der Waals surface area contributed by atoms with Gasteiger partial charge in [-0.1, -0.05) is 48.0 Å². The molecule has 1 atom stereocenters. The fourth-order valence-electron chi connectivity index (χ4n) is 4.10. The number of benzene rings is 2. The Labute approximate surface area is 180 Å². The highest BCUT2D eigenvalue weighted by Crippen LogP contribution is 2.29. The number of rotatable bonds is 6. The van der Waals surface area contributed by atoms with E-state index in [2.05, 4.69) is 41.5 Å². The Hall–Kier alpha value is -3.22. The number of hydrogen-bond donors (Lipinski definition) is 2. The number of aromatic amines is 1. The first-order chi connectivity index (χ1) is 15.2. The monoisotopic (exact) mass is 414 g/mol. The van der Waals surface area contributed by atoms with E-state index in [0.717, 1.165) is 48.3 Å². The average molecular weight is 415 g/mol. The molecule has 2 aromatic heterocycles. The summed E-state index contributed by atoms with van der Waals surface area (Å²) in [6.45, 7) is 4.15. The standard InChI is InChI=1S/C25H26N4O2/c1-17-9-11-18(12-10-17)23-22-14-19(15-26-16-21-8-5-13-31-21)25(30)27-24(22)29(28-23)20-6-3-2-4-7-20/h2-4,6-7,9-12,14,21,26H,5,8,13,15-16H2,1H3,(H,27,30)/t21-/m1/s1. The van der Waals surface area contributed by atoms with Crippen molar-refractivity contribution in [1.29, 1.82) is 0 Å². The Balaban J connectivity index is 1.56. The minimum Gasteiger partial charge on any atom is -0.377 e. The highest BCUT2D eigenvalue weighted by molar-refractivity contribution is 5.92. The highest BCUT2D eigenvalue weighted by atomic mass is 16.5. The van der Waals surface area contributed by atoms with Gasteiger partial charge in [0.2, 0.25) is 0 Å². The molecule has 0 bridgehead atoms. The average Bonchev–Trinajstić information content (AvgIpc) is 3.43. The Morgan fingerprint density at radius 1 is 1.16 bits per heavy atom. The predicted molar refractivity (Wildman–Crippen MR) is 123 cm³/mol. The lowest BCUT2D eigenvalue weighted by Gasteiger charge is -2.10. The van der Waals surface area contributed by atoms with Crippen LogP contribution in [0.15, 0.2) is 65.5 Å². The molecule has 6 nitrogen and oxygen atoms in total. The summed E-state index contributed by atoms with van der Waals surface area (Å²) in [5.41, 5.74) is 5.29. The van der Waals surface area contributed by atoms with E-state index in [-0.39, 0.29) is 11.7 Å². The molecule has 1 aliphatic heterocycles. The molecule has 0 amide bonds. The van der Waals surface area contributed by atoms with Crippen LogP contribution < -0.4 is 10.9 Å². The van der Waals surface area contributed by atoms with Crippen LogP contribution in [0.1, 0.15) is 24.0 Å². The molecule has 2 aromatic carbocycles. The smallest absolute Gasteiger partial charge is 0.254 e. The fraction of sp³-hybridized carbons (Fsp3) is 0.280. The van der Waals surface area contributed by atoms with Crippen molar-refractivity contribution in [2.24, 2.45) is 0 Å². The zero-order chi connectivity index (χ0) is 21.2. The Morgan fingerprint density at radius 2 is 1.97 bits per heavy atom. The van der Waals surface area contributed by atoms with E-state index in [9.17, 15) is 4.79 Å². The maximum Gasteiger partial charge on any atom is 0.254 e. The van der Waals surface area contributed by atoms with Crippen molar-refractivity contribution in [3.8, 4) is 16.9 Å². The molecular weight excluding hydrogens is 388 g/mol. The topological polar surface area (TPSA) is 71.9 Å². The van der Waals surface area contributed by atoms with Crippen LogP contribution in [0.4, 0.5) is 0 Å². The second kappa shape index (κ2) is 8.49. The van der Waals surface area contributed by atoms with Gasteiger partial charge >= 0.3 is 0 Å². The minimum absolute atomic E-state index is 0.0973. The van der Waals surface area contributed by atoms with Crippen LogP contribution in [-0.2, 0) is 11.3 Å². The second-order valence-corrected chi connectivity index (χ2v) is 8.11. The number of aryl methyl sites for hydroxylation is 1. The van der Waals surface area contributed by atoms with Crippen molar-refractivity contribution in [2.45, 2.75) is 32.4 Å². The minimum atomic E-state index is -0.0973. The molecular formula is C25H26N4O2. The number of nitrogens with one attached hydrogen (secondary N) is 2. The van der Waals surface area contributed by atoms with E-state index < -0.39 is 0 Å². The summed E-state index contributed by atoms with van der Waals surface area (Å²) < 4.78 is 7.48. The third kappa shape index (κ3) is 4.04. The van der Waals surface area contributed by atoms with Crippen molar-refractivity contribution >= 4 is 11.0 Å². The van der Waals surface area contributed by atoms with Crippen LogP contribution in [0, 0.1) is 6.92 Å². The van der Waals surface area contributed by atoms with Gasteiger partial charge in [0.15, 0.2) is 0 Å². The molecule has 1 aliphatic rings. The summed E-state index contributed by atoms with van der Waals surface area (Å²) in [7, 11) is 0. The first kappa shape index (κ1) is 19.7. The number of H-pyrrole nitrogens is 1. The predicted octanol–water partition coefficient (Wildman–Crippen LogP) is 3.96. The Kier molecular flexibility index (Phi) is 5.40. The van der Waals surface area contributed by atoms with Gasteiger partial charge < -0.3 is 15.0 Å². The van der Waals surface area contributed by atoms with E-state index in [4.69, 9.17) is 9.84 Å². The molecule has 158 valence electrons. The van der Waals surface area contributed by atoms with Crippen LogP contribution in [0.3, 0.4) is 0 Å². The van der Waals surface area contributed by atoms with E-state index in [1.165, 1.54) is 5.56 Å². The maximum absolute atomic E-state index is 12.9. The van der Waals surface area contributed by atoms with Gasteiger partial charge in [-0.25, -0.2) is 4.68 Å². The first-order valence-corrected chi connectivity index (χ1v) is 10.8. The van der Waals surface area contributed by atoms with E-state index in [1.54, 1.807) is 0 Å². The lowest BCUT2D eigenvalue weighted by molar-refractivity contribution is 0.110. The molecule has 0 aliphatic carbocycles. The van der Waals surface area contributed by atoms with Crippen molar-refractivity contribution in [3.63, 3.8) is 0 Å². The van der Waals surface area contributed by atoms with Crippen LogP contribution in [0.5, 0.6) is 0 Å². The largest absolute Gasteiger partial charge is 0.377 e. The Morgan fingerprint density at radius 3 is 2.71 bits per heavy atom. The molecule has 6 heteroatoms. The maximum atomic E-state index is 12.9. The molecule has 0 unspecified atom stereocenters. The summed E-state index contributed by atoms with van der Waals surface area (Å²) in [5, 5.41) is 9.20. The number of para-hydroxylation sites is 1. The third-order valence-corrected chi connectivity index (χ3v) is 5.80. The van der Waals surface area contributed by atoms with Gasteiger partial charge in [0.1, 0.15) is 11.3 Å². The summed E-state index contributed by atoms with van der Waals surface area (Å²) in [5.74, 6) is 0. The molecule has 0 saturated carbocycles. The molecule has 31 heavy (non-hydrogen) atoms. The molecule has 4 aromatic rings.